The summed E-state index contributed by atoms with van der Waals surface area (Å²) in [5.41, 5.74) is 0.470. The number of piperidine rings is 1. The summed E-state index contributed by atoms with van der Waals surface area (Å²) in [6, 6.07) is 7.91. The third-order valence-corrected chi connectivity index (χ3v) is 4.68. The number of amides is 1. The Morgan fingerprint density at radius 3 is 2.62 bits per heavy atom. The second-order valence-corrected chi connectivity index (χ2v) is 7.78. The van der Waals surface area contributed by atoms with Gasteiger partial charge >= 0.3 is 0 Å². The van der Waals surface area contributed by atoms with Crippen LogP contribution >= 0.6 is 0 Å². The highest BCUT2D eigenvalue weighted by molar-refractivity contribution is 5.87. The van der Waals surface area contributed by atoms with E-state index in [0.717, 1.165) is 30.9 Å². The molecule has 2 N–H and O–H groups in total. The minimum atomic E-state index is -0.543. The highest BCUT2D eigenvalue weighted by Crippen LogP contribution is 2.26. The lowest BCUT2D eigenvalue weighted by Gasteiger charge is -2.28. The van der Waals surface area contributed by atoms with Gasteiger partial charge in [0.05, 0.1) is 12.0 Å². The molecule has 1 heterocycles. The van der Waals surface area contributed by atoms with Crippen LogP contribution in [-0.2, 0) is 10.2 Å². The molecule has 0 bridgehead atoms. The molecule has 1 aliphatic heterocycles. The third kappa shape index (κ3) is 5.23. The van der Waals surface area contributed by atoms with Gasteiger partial charge in [-0.15, -0.1) is 0 Å². The Labute approximate surface area is 146 Å². The third-order valence-electron chi connectivity index (χ3n) is 4.68. The van der Waals surface area contributed by atoms with E-state index in [9.17, 15) is 4.79 Å². The van der Waals surface area contributed by atoms with Crippen LogP contribution in [0.1, 0.15) is 46.1 Å². The topological polar surface area (TPSA) is 50.4 Å². The zero-order chi connectivity index (χ0) is 17.6. The van der Waals surface area contributed by atoms with Crippen LogP contribution < -0.4 is 15.4 Å². The predicted molar refractivity (Wildman–Crippen MR) is 98.4 cm³/mol. The Bertz CT molecular complexity index is 517. The van der Waals surface area contributed by atoms with Gasteiger partial charge in [0.2, 0.25) is 5.91 Å². The van der Waals surface area contributed by atoms with E-state index in [1.807, 2.05) is 38.1 Å². The molecule has 134 valence electrons. The van der Waals surface area contributed by atoms with Crippen molar-refractivity contribution in [2.24, 2.45) is 11.8 Å². The van der Waals surface area contributed by atoms with E-state index >= 15 is 0 Å². The molecule has 1 saturated heterocycles. The van der Waals surface area contributed by atoms with Crippen molar-refractivity contribution in [3.63, 3.8) is 0 Å². The fourth-order valence-corrected chi connectivity index (χ4v) is 2.92. The van der Waals surface area contributed by atoms with E-state index in [4.69, 9.17) is 4.74 Å². The highest BCUT2D eigenvalue weighted by Gasteiger charge is 2.30. The van der Waals surface area contributed by atoms with E-state index in [-0.39, 0.29) is 5.91 Å². The quantitative estimate of drug-likeness (QED) is 0.806. The molecule has 24 heavy (non-hydrogen) atoms. The molecule has 4 nitrogen and oxygen atoms in total. The Morgan fingerprint density at radius 1 is 1.33 bits per heavy atom. The molecule has 1 atom stereocenters. The summed E-state index contributed by atoms with van der Waals surface area (Å²) in [5, 5.41) is 6.53. The van der Waals surface area contributed by atoms with Crippen molar-refractivity contribution >= 4 is 5.91 Å². The van der Waals surface area contributed by atoms with Gasteiger partial charge in [-0.2, -0.15) is 0 Å². The van der Waals surface area contributed by atoms with Crippen LogP contribution in [0, 0.1) is 11.8 Å². The molecule has 2 rings (SSSR count). The maximum absolute atomic E-state index is 12.6. The first kappa shape index (κ1) is 18.8. The SMILES string of the molecule is CC(C)COc1ccc(C(C)(C)C(=O)NCC2CCCNC2)cc1. The Morgan fingerprint density at radius 2 is 2.04 bits per heavy atom. The van der Waals surface area contributed by atoms with Crippen LogP contribution in [0.15, 0.2) is 24.3 Å². The van der Waals surface area contributed by atoms with Crippen LogP contribution in [-0.4, -0.2) is 32.1 Å². The number of rotatable bonds is 7. The van der Waals surface area contributed by atoms with Gasteiger partial charge in [-0.05, 0) is 69.3 Å². The van der Waals surface area contributed by atoms with Gasteiger partial charge in [-0.25, -0.2) is 0 Å². The summed E-state index contributed by atoms with van der Waals surface area (Å²) in [4.78, 5) is 12.6. The molecule has 4 heteroatoms. The van der Waals surface area contributed by atoms with Crippen LogP contribution in [0.2, 0.25) is 0 Å². The van der Waals surface area contributed by atoms with E-state index < -0.39 is 5.41 Å². The molecule has 0 saturated carbocycles. The summed E-state index contributed by atoms with van der Waals surface area (Å²) >= 11 is 0. The Hall–Kier alpha value is -1.55. The van der Waals surface area contributed by atoms with Crippen LogP contribution in [0.5, 0.6) is 5.75 Å². The molecule has 1 unspecified atom stereocenters. The average molecular weight is 332 g/mol. The highest BCUT2D eigenvalue weighted by atomic mass is 16.5. The second kappa shape index (κ2) is 8.52. The largest absolute Gasteiger partial charge is 0.493 e. The molecule has 0 aliphatic carbocycles. The van der Waals surface area contributed by atoms with E-state index in [1.165, 1.54) is 12.8 Å². The lowest BCUT2D eigenvalue weighted by molar-refractivity contribution is -0.125. The van der Waals surface area contributed by atoms with Crippen LogP contribution in [0.4, 0.5) is 0 Å². The zero-order valence-corrected chi connectivity index (χ0v) is 15.5. The van der Waals surface area contributed by atoms with E-state index in [1.54, 1.807) is 0 Å². The number of ether oxygens (including phenoxy) is 1. The first-order valence-corrected chi connectivity index (χ1v) is 9.12. The van der Waals surface area contributed by atoms with Crippen molar-refractivity contribution in [2.75, 3.05) is 26.2 Å². The molecule has 1 amide bonds. The molecular weight excluding hydrogens is 300 g/mol. The maximum Gasteiger partial charge on any atom is 0.230 e. The van der Waals surface area contributed by atoms with Gasteiger partial charge in [0, 0.05) is 6.54 Å². The fourth-order valence-electron chi connectivity index (χ4n) is 2.92. The summed E-state index contributed by atoms with van der Waals surface area (Å²) in [7, 11) is 0. The first-order chi connectivity index (χ1) is 11.4. The lowest BCUT2D eigenvalue weighted by atomic mass is 9.83. The fraction of sp³-hybridized carbons (Fsp3) is 0.650. The van der Waals surface area contributed by atoms with Gasteiger partial charge in [0.15, 0.2) is 0 Å². The molecule has 0 radical (unpaired) electrons. The first-order valence-electron chi connectivity index (χ1n) is 9.12. The monoisotopic (exact) mass is 332 g/mol. The molecule has 0 aromatic heterocycles. The van der Waals surface area contributed by atoms with Gasteiger partial charge in [0.25, 0.3) is 0 Å². The number of hydrogen-bond donors (Lipinski definition) is 2. The lowest BCUT2D eigenvalue weighted by Crippen LogP contribution is -2.44. The molecule has 0 spiro atoms. The van der Waals surface area contributed by atoms with Gasteiger partial charge in [-0.3, -0.25) is 4.79 Å². The van der Waals surface area contributed by atoms with Crippen LogP contribution in [0.25, 0.3) is 0 Å². The number of carbonyl (C=O) groups excluding carboxylic acids is 1. The summed E-state index contributed by atoms with van der Waals surface area (Å²) in [6.45, 7) is 11.8. The van der Waals surface area contributed by atoms with Gasteiger partial charge < -0.3 is 15.4 Å². The van der Waals surface area contributed by atoms with Crippen molar-refractivity contribution in [3.05, 3.63) is 29.8 Å². The van der Waals surface area contributed by atoms with Gasteiger partial charge in [-0.1, -0.05) is 26.0 Å². The smallest absolute Gasteiger partial charge is 0.230 e. The normalized spacial score (nSPS) is 18.5. The van der Waals surface area contributed by atoms with Crippen molar-refractivity contribution in [3.8, 4) is 5.75 Å². The van der Waals surface area contributed by atoms with E-state index in [0.29, 0.717) is 18.4 Å². The molecule has 1 aromatic carbocycles. The van der Waals surface area contributed by atoms with Crippen LogP contribution in [0.3, 0.4) is 0 Å². The summed E-state index contributed by atoms with van der Waals surface area (Å²) < 4.78 is 5.71. The van der Waals surface area contributed by atoms with Gasteiger partial charge in [0.1, 0.15) is 5.75 Å². The Kier molecular flexibility index (Phi) is 6.67. The predicted octanol–water partition coefficient (Wildman–Crippen LogP) is 3.11. The second-order valence-electron chi connectivity index (χ2n) is 7.78. The zero-order valence-electron chi connectivity index (χ0n) is 15.5. The molecule has 1 fully saturated rings. The van der Waals surface area contributed by atoms with Crippen molar-refractivity contribution in [2.45, 2.75) is 46.0 Å². The van der Waals surface area contributed by atoms with Crippen molar-refractivity contribution in [1.29, 1.82) is 0 Å². The summed E-state index contributed by atoms with van der Waals surface area (Å²) in [5.74, 6) is 1.99. The van der Waals surface area contributed by atoms with Crippen molar-refractivity contribution < 1.29 is 9.53 Å². The average Bonchev–Trinajstić information content (AvgIpc) is 2.59. The van der Waals surface area contributed by atoms with Crippen molar-refractivity contribution in [1.82, 2.24) is 10.6 Å². The molecule has 1 aliphatic rings. The Balaban J connectivity index is 1.91. The number of benzene rings is 1. The standard InChI is InChI=1S/C20H32N2O2/c1-15(2)14-24-18-9-7-17(8-10-18)20(3,4)19(23)22-13-16-6-5-11-21-12-16/h7-10,15-16,21H,5-6,11-14H2,1-4H3,(H,22,23). The minimum Gasteiger partial charge on any atom is -0.493 e. The minimum absolute atomic E-state index is 0.0870. The molecule has 1 aromatic rings. The number of hydrogen-bond acceptors (Lipinski definition) is 3. The number of carbonyl (C=O) groups is 1. The summed E-state index contributed by atoms with van der Waals surface area (Å²) in [6.07, 6.45) is 2.39. The maximum atomic E-state index is 12.6. The van der Waals surface area contributed by atoms with E-state index in [2.05, 4.69) is 24.5 Å². The number of nitrogens with one attached hydrogen (secondary N) is 2. The molecular formula is C20H32N2O2.